The maximum atomic E-state index is 12.0. The van der Waals surface area contributed by atoms with Crippen LogP contribution in [0.1, 0.15) is 32.6 Å². The van der Waals surface area contributed by atoms with Crippen LogP contribution in [0.4, 0.5) is 4.79 Å². The molecule has 0 spiro atoms. The second kappa shape index (κ2) is 6.92. The number of nitrogens with zero attached hydrogens (tertiary/aromatic N) is 2. The summed E-state index contributed by atoms with van der Waals surface area (Å²) in [6, 6.07) is 0.763. The summed E-state index contributed by atoms with van der Waals surface area (Å²) in [7, 11) is 0. The minimum absolute atomic E-state index is 0.0115. The highest BCUT2D eigenvalue weighted by Gasteiger charge is 2.32. The Hall–Kier alpha value is -1.30. The number of carbonyl (C=O) groups is 2. The molecule has 1 saturated carbocycles. The zero-order valence-electron chi connectivity index (χ0n) is 12.2. The molecule has 0 aromatic heterocycles. The van der Waals surface area contributed by atoms with E-state index in [0.717, 1.165) is 32.2 Å². The van der Waals surface area contributed by atoms with Gasteiger partial charge in [0, 0.05) is 45.2 Å². The Morgan fingerprint density at radius 1 is 1.25 bits per heavy atom. The molecule has 1 aliphatic carbocycles. The minimum atomic E-state index is -0.778. The number of carboxylic acid groups (broad SMARTS) is 1. The third-order valence-corrected chi connectivity index (χ3v) is 4.12. The first-order valence-corrected chi connectivity index (χ1v) is 7.55. The molecule has 0 radical (unpaired) electrons. The number of hydrogen-bond acceptors (Lipinski definition) is 3. The molecule has 0 bridgehead atoms. The summed E-state index contributed by atoms with van der Waals surface area (Å²) < 4.78 is 0. The Bertz CT molecular complexity index is 350. The van der Waals surface area contributed by atoms with Gasteiger partial charge in [0.05, 0.1) is 0 Å². The Kier molecular flexibility index (Phi) is 5.23. The van der Waals surface area contributed by atoms with Crippen molar-refractivity contribution in [2.24, 2.45) is 5.92 Å². The molecular weight excluding hydrogens is 258 g/mol. The number of piperazine rings is 1. The summed E-state index contributed by atoms with van der Waals surface area (Å²) in [4.78, 5) is 26.8. The smallest absolute Gasteiger partial charge is 0.317 e. The van der Waals surface area contributed by atoms with Crippen LogP contribution in [-0.4, -0.2) is 65.7 Å². The Labute approximate surface area is 120 Å². The summed E-state index contributed by atoms with van der Waals surface area (Å²) in [5, 5.41) is 11.5. The molecule has 2 fully saturated rings. The summed E-state index contributed by atoms with van der Waals surface area (Å²) in [5.74, 6) is -0.581. The summed E-state index contributed by atoms with van der Waals surface area (Å²) >= 11 is 0. The van der Waals surface area contributed by atoms with Crippen molar-refractivity contribution in [3.05, 3.63) is 0 Å². The van der Waals surface area contributed by atoms with E-state index in [2.05, 4.69) is 10.2 Å². The Morgan fingerprint density at radius 3 is 2.45 bits per heavy atom. The van der Waals surface area contributed by atoms with Crippen molar-refractivity contribution in [1.82, 2.24) is 15.1 Å². The average molecular weight is 283 g/mol. The standard InChI is InChI=1S/C14H25N3O3/c1-11(2-5-13(18)19)10-15-14(20)17-8-6-16(7-9-17)12-3-4-12/h11-12H,2-10H2,1H3,(H,15,20)(H,18,19). The lowest BCUT2D eigenvalue weighted by atomic mass is 10.1. The van der Waals surface area contributed by atoms with Crippen molar-refractivity contribution >= 4 is 12.0 Å². The van der Waals surface area contributed by atoms with Gasteiger partial charge in [0.15, 0.2) is 0 Å². The van der Waals surface area contributed by atoms with Crippen LogP contribution in [-0.2, 0) is 4.79 Å². The second-order valence-electron chi connectivity index (χ2n) is 5.98. The fourth-order valence-corrected chi connectivity index (χ4v) is 2.58. The molecule has 114 valence electrons. The van der Waals surface area contributed by atoms with Crippen molar-refractivity contribution < 1.29 is 14.7 Å². The number of nitrogens with one attached hydrogen (secondary N) is 1. The van der Waals surface area contributed by atoms with Crippen LogP contribution in [0.3, 0.4) is 0 Å². The fraction of sp³-hybridized carbons (Fsp3) is 0.857. The van der Waals surface area contributed by atoms with Gasteiger partial charge in [0.1, 0.15) is 0 Å². The van der Waals surface area contributed by atoms with E-state index in [1.165, 1.54) is 12.8 Å². The molecule has 1 aliphatic heterocycles. The molecule has 1 atom stereocenters. The fourth-order valence-electron chi connectivity index (χ4n) is 2.58. The average Bonchev–Trinajstić information content (AvgIpc) is 3.27. The maximum absolute atomic E-state index is 12.0. The van der Waals surface area contributed by atoms with Gasteiger partial charge in [0.2, 0.25) is 0 Å². The molecule has 2 amide bonds. The lowest BCUT2D eigenvalue weighted by molar-refractivity contribution is -0.137. The van der Waals surface area contributed by atoms with E-state index in [1.54, 1.807) is 0 Å². The Balaban J connectivity index is 1.61. The van der Waals surface area contributed by atoms with Gasteiger partial charge in [0.25, 0.3) is 0 Å². The SMILES string of the molecule is CC(CCC(=O)O)CNC(=O)N1CCN(C2CC2)CC1. The van der Waals surface area contributed by atoms with Crippen LogP contribution in [0, 0.1) is 5.92 Å². The van der Waals surface area contributed by atoms with Gasteiger partial charge in [-0.05, 0) is 25.2 Å². The molecule has 1 heterocycles. The van der Waals surface area contributed by atoms with E-state index in [4.69, 9.17) is 5.11 Å². The molecule has 6 nitrogen and oxygen atoms in total. The van der Waals surface area contributed by atoms with Crippen molar-refractivity contribution in [3.8, 4) is 0 Å². The summed E-state index contributed by atoms with van der Waals surface area (Å²) in [6.45, 7) is 6.07. The molecule has 0 aromatic carbocycles. The van der Waals surface area contributed by atoms with Gasteiger partial charge in [-0.1, -0.05) is 6.92 Å². The topological polar surface area (TPSA) is 72.9 Å². The molecule has 2 N–H and O–H groups in total. The van der Waals surface area contributed by atoms with Crippen molar-refractivity contribution in [2.45, 2.75) is 38.6 Å². The van der Waals surface area contributed by atoms with Gasteiger partial charge in [-0.2, -0.15) is 0 Å². The van der Waals surface area contributed by atoms with Crippen LogP contribution in [0.2, 0.25) is 0 Å². The maximum Gasteiger partial charge on any atom is 0.317 e. The number of urea groups is 1. The normalized spacial score (nSPS) is 21.6. The zero-order chi connectivity index (χ0) is 14.5. The second-order valence-corrected chi connectivity index (χ2v) is 5.98. The predicted octanol–water partition coefficient (Wildman–Crippen LogP) is 0.977. The van der Waals surface area contributed by atoms with Crippen LogP contribution < -0.4 is 5.32 Å². The van der Waals surface area contributed by atoms with Crippen molar-refractivity contribution in [2.75, 3.05) is 32.7 Å². The number of hydrogen-bond donors (Lipinski definition) is 2. The molecule has 6 heteroatoms. The first-order chi connectivity index (χ1) is 9.56. The summed E-state index contributed by atoms with van der Waals surface area (Å²) in [5.41, 5.74) is 0. The molecule has 1 unspecified atom stereocenters. The van der Waals surface area contributed by atoms with Gasteiger partial charge in [-0.25, -0.2) is 4.79 Å². The zero-order valence-corrected chi connectivity index (χ0v) is 12.2. The van der Waals surface area contributed by atoms with Gasteiger partial charge >= 0.3 is 12.0 Å². The number of amides is 2. The minimum Gasteiger partial charge on any atom is -0.481 e. The highest BCUT2D eigenvalue weighted by molar-refractivity contribution is 5.74. The number of carboxylic acids is 1. The number of carbonyl (C=O) groups excluding carboxylic acids is 1. The number of rotatable bonds is 6. The van der Waals surface area contributed by atoms with Crippen LogP contribution in [0.5, 0.6) is 0 Å². The number of aliphatic carboxylic acids is 1. The first kappa shape index (κ1) is 15.1. The molecular formula is C14H25N3O3. The van der Waals surface area contributed by atoms with Crippen LogP contribution in [0.25, 0.3) is 0 Å². The molecule has 20 heavy (non-hydrogen) atoms. The first-order valence-electron chi connectivity index (χ1n) is 7.55. The predicted molar refractivity (Wildman–Crippen MR) is 75.6 cm³/mol. The lowest BCUT2D eigenvalue weighted by Gasteiger charge is -2.35. The highest BCUT2D eigenvalue weighted by Crippen LogP contribution is 2.27. The van der Waals surface area contributed by atoms with E-state index in [9.17, 15) is 9.59 Å². The van der Waals surface area contributed by atoms with Gasteiger partial charge in [-0.15, -0.1) is 0 Å². The van der Waals surface area contributed by atoms with Crippen LogP contribution >= 0.6 is 0 Å². The van der Waals surface area contributed by atoms with Crippen molar-refractivity contribution in [3.63, 3.8) is 0 Å². The van der Waals surface area contributed by atoms with E-state index in [0.29, 0.717) is 13.0 Å². The molecule has 0 aromatic rings. The van der Waals surface area contributed by atoms with E-state index in [-0.39, 0.29) is 18.4 Å². The monoisotopic (exact) mass is 283 g/mol. The van der Waals surface area contributed by atoms with Gasteiger partial charge < -0.3 is 15.3 Å². The van der Waals surface area contributed by atoms with Crippen molar-refractivity contribution in [1.29, 1.82) is 0 Å². The highest BCUT2D eigenvalue weighted by atomic mass is 16.4. The third kappa shape index (κ3) is 4.67. The molecule has 2 rings (SSSR count). The van der Waals surface area contributed by atoms with E-state index in [1.807, 2.05) is 11.8 Å². The molecule has 2 aliphatic rings. The third-order valence-electron chi connectivity index (χ3n) is 4.12. The Morgan fingerprint density at radius 2 is 1.90 bits per heavy atom. The molecule has 1 saturated heterocycles. The van der Waals surface area contributed by atoms with E-state index < -0.39 is 5.97 Å². The van der Waals surface area contributed by atoms with Crippen LogP contribution in [0.15, 0.2) is 0 Å². The lowest BCUT2D eigenvalue weighted by Crippen LogP contribution is -2.52. The van der Waals surface area contributed by atoms with E-state index >= 15 is 0 Å². The summed E-state index contributed by atoms with van der Waals surface area (Å²) in [6.07, 6.45) is 3.39. The largest absolute Gasteiger partial charge is 0.481 e. The van der Waals surface area contributed by atoms with Gasteiger partial charge in [-0.3, -0.25) is 9.69 Å². The quantitative estimate of drug-likeness (QED) is 0.762.